The van der Waals surface area contributed by atoms with Crippen LogP contribution in [0.25, 0.3) is 0 Å². The number of carboxylic acid groups (broad SMARTS) is 2. The minimum absolute atomic E-state index is 0.363. The average Bonchev–Trinajstić information content (AvgIpc) is 2.83. The SMILES string of the molecule is C1CNCCN1.C1C[NH2+]CCN1.C1C[NH2+]CCN1.O=C([O-])c1ccccc1C(=O)[O-]. The fourth-order valence-corrected chi connectivity index (χ4v) is 2.80. The maximum atomic E-state index is 10.3. The first-order chi connectivity index (χ1) is 14.6. The molecule has 10 heteroatoms. The molecule has 30 heavy (non-hydrogen) atoms. The molecule has 0 spiro atoms. The van der Waals surface area contributed by atoms with Crippen LogP contribution in [0.15, 0.2) is 24.3 Å². The molecule has 1 aromatic carbocycles. The topological polar surface area (TPSA) is 162 Å². The molecule has 3 heterocycles. The Hall–Kier alpha value is -2.08. The smallest absolute Gasteiger partial charge is 0.0882 e. The average molecular weight is 425 g/mol. The van der Waals surface area contributed by atoms with Gasteiger partial charge in [0.05, 0.1) is 38.1 Å². The third-order valence-electron chi connectivity index (χ3n) is 4.42. The van der Waals surface area contributed by atoms with Gasteiger partial charge < -0.3 is 51.7 Å². The number of carboxylic acids is 2. The van der Waals surface area contributed by atoms with Gasteiger partial charge in [-0.05, 0) is 0 Å². The van der Waals surface area contributed by atoms with E-state index in [9.17, 15) is 19.8 Å². The molecule has 170 valence electrons. The Morgan fingerprint density at radius 3 is 1.07 bits per heavy atom. The quantitative estimate of drug-likeness (QED) is 0.273. The summed E-state index contributed by atoms with van der Waals surface area (Å²) in [7, 11) is 0. The van der Waals surface area contributed by atoms with Crippen molar-refractivity contribution >= 4 is 11.9 Å². The Bertz CT molecular complexity index is 494. The summed E-state index contributed by atoms with van der Waals surface area (Å²) in [5.41, 5.74) is -0.727. The molecule has 0 radical (unpaired) electrons. The molecular formula is C20H36N6O4. The van der Waals surface area contributed by atoms with Gasteiger partial charge in [0.1, 0.15) is 0 Å². The van der Waals surface area contributed by atoms with Crippen LogP contribution in [0.5, 0.6) is 0 Å². The second-order valence-corrected chi connectivity index (χ2v) is 6.85. The predicted molar refractivity (Wildman–Crippen MR) is 110 cm³/mol. The van der Waals surface area contributed by atoms with Crippen molar-refractivity contribution in [3.8, 4) is 0 Å². The summed E-state index contributed by atoms with van der Waals surface area (Å²) in [6.45, 7) is 14.4. The van der Waals surface area contributed by atoms with Crippen LogP contribution in [-0.2, 0) is 0 Å². The number of nitrogens with one attached hydrogen (secondary N) is 4. The summed E-state index contributed by atoms with van der Waals surface area (Å²) < 4.78 is 0. The van der Waals surface area contributed by atoms with Gasteiger partial charge >= 0.3 is 0 Å². The Balaban J connectivity index is 0.000000212. The van der Waals surface area contributed by atoms with E-state index in [0.717, 1.165) is 38.3 Å². The van der Waals surface area contributed by atoms with Crippen molar-refractivity contribution < 1.29 is 30.4 Å². The molecule has 0 unspecified atom stereocenters. The summed E-state index contributed by atoms with van der Waals surface area (Å²) in [5, 5.41) is 38.3. The van der Waals surface area contributed by atoms with Gasteiger partial charge in [-0.2, -0.15) is 0 Å². The number of quaternary nitrogens is 2. The molecule has 10 nitrogen and oxygen atoms in total. The van der Waals surface area contributed by atoms with Gasteiger partial charge in [-0.1, -0.05) is 24.3 Å². The van der Waals surface area contributed by atoms with Gasteiger partial charge in [0.2, 0.25) is 0 Å². The minimum atomic E-state index is -1.52. The van der Waals surface area contributed by atoms with Crippen LogP contribution in [0.1, 0.15) is 20.7 Å². The highest BCUT2D eigenvalue weighted by atomic mass is 16.4. The molecule has 0 aliphatic carbocycles. The van der Waals surface area contributed by atoms with E-state index in [1.165, 1.54) is 64.5 Å². The van der Waals surface area contributed by atoms with E-state index in [2.05, 4.69) is 31.9 Å². The number of rotatable bonds is 2. The molecule has 4 rings (SSSR count). The Morgan fingerprint density at radius 1 is 0.600 bits per heavy atom. The summed E-state index contributed by atoms with van der Waals surface area (Å²) in [4.78, 5) is 20.6. The van der Waals surface area contributed by atoms with Gasteiger partial charge in [0, 0.05) is 63.5 Å². The van der Waals surface area contributed by atoms with E-state index in [1.54, 1.807) is 0 Å². The standard InChI is InChI=1S/C8H6O4.3C4H10N2/c9-7(10)5-3-1-2-4-6(5)8(11)12;3*1-2-6-4-3-5-1/h1-4H,(H,9,10)(H,11,12);3*5-6H,1-4H2. The van der Waals surface area contributed by atoms with Crippen LogP contribution >= 0.6 is 0 Å². The number of aromatic carboxylic acids is 2. The summed E-state index contributed by atoms with van der Waals surface area (Å²) in [6, 6.07) is 5.14. The highest BCUT2D eigenvalue weighted by molar-refractivity contribution is 5.99. The zero-order valence-electron chi connectivity index (χ0n) is 17.6. The molecule has 1 aromatic rings. The molecule has 0 saturated carbocycles. The zero-order chi connectivity index (χ0) is 21.9. The first-order valence-corrected chi connectivity index (χ1v) is 10.6. The Kier molecular flexibility index (Phi) is 15.4. The highest BCUT2D eigenvalue weighted by Gasteiger charge is 2.01. The van der Waals surface area contributed by atoms with Crippen LogP contribution in [0.4, 0.5) is 0 Å². The molecule has 3 saturated heterocycles. The second-order valence-electron chi connectivity index (χ2n) is 6.85. The van der Waals surface area contributed by atoms with Crippen molar-refractivity contribution in [3.05, 3.63) is 35.4 Å². The normalized spacial score (nSPS) is 18.1. The van der Waals surface area contributed by atoms with Crippen molar-refractivity contribution in [3.63, 3.8) is 0 Å². The van der Waals surface area contributed by atoms with Crippen LogP contribution in [0, 0.1) is 0 Å². The van der Waals surface area contributed by atoms with Crippen molar-refractivity contribution in [1.82, 2.24) is 21.3 Å². The maximum Gasteiger partial charge on any atom is 0.0882 e. The molecule has 3 aliphatic heterocycles. The fourth-order valence-electron chi connectivity index (χ4n) is 2.80. The number of carbonyl (C=O) groups excluding carboxylic acids is 2. The first kappa shape index (κ1) is 26.0. The third kappa shape index (κ3) is 13.2. The van der Waals surface area contributed by atoms with Gasteiger partial charge in [-0.25, -0.2) is 0 Å². The van der Waals surface area contributed by atoms with E-state index >= 15 is 0 Å². The fraction of sp³-hybridized carbons (Fsp3) is 0.600. The van der Waals surface area contributed by atoms with Crippen molar-refractivity contribution in [1.29, 1.82) is 0 Å². The molecule has 0 aromatic heterocycles. The molecule has 0 atom stereocenters. The lowest BCUT2D eigenvalue weighted by molar-refractivity contribution is -0.657. The van der Waals surface area contributed by atoms with Crippen molar-refractivity contribution in [2.75, 3.05) is 78.5 Å². The Labute approximate surface area is 178 Å². The van der Waals surface area contributed by atoms with E-state index < -0.39 is 11.9 Å². The van der Waals surface area contributed by atoms with E-state index in [1.807, 2.05) is 0 Å². The van der Waals surface area contributed by atoms with Crippen LogP contribution in [0.3, 0.4) is 0 Å². The molecule has 3 fully saturated rings. The largest absolute Gasteiger partial charge is 0.545 e. The Morgan fingerprint density at radius 2 is 0.900 bits per heavy atom. The number of piperazine rings is 3. The molecular weight excluding hydrogens is 388 g/mol. The monoisotopic (exact) mass is 424 g/mol. The van der Waals surface area contributed by atoms with Crippen molar-refractivity contribution in [2.24, 2.45) is 0 Å². The predicted octanol–water partition coefficient (Wildman–Crippen LogP) is -6.10. The molecule has 8 N–H and O–H groups in total. The van der Waals surface area contributed by atoms with Crippen LogP contribution in [-0.4, -0.2) is 90.5 Å². The maximum absolute atomic E-state index is 10.3. The molecule has 0 amide bonds. The number of hydrogen-bond acceptors (Lipinski definition) is 8. The van der Waals surface area contributed by atoms with Gasteiger partial charge in [0.15, 0.2) is 0 Å². The first-order valence-electron chi connectivity index (χ1n) is 10.6. The van der Waals surface area contributed by atoms with E-state index in [4.69, 9.17) is 0 Å². The number of carbonyl (C=O) groups is 2. The summed E-state index contributed by atoms with van der Waals surface area (Å²) >= 11 is 0. The second kappa shape index (κ2) is 17.8. The highest BCUT2D eigenvalue weighted by Crippen LogP contribution is 2.05. The van der Waals surface area contributed by atoms with Crippen LogP contribution in [0.2, 0.25) is 0 Å². The van der Waals surface area contributed by atoms with Gasteiger partial charge in [0.25, 0.3) is 0 Å². The number of hydrogen-bond donors (Lipinski definition) is 6. The van der Waals surface area contributed by atoms with Gasteiger partial charge in [-0.3, -0.25) is 0 Å². The number of benzene rings is 1. The van der Waals surface area contributed by atoms with E-state index in [-0.39, 0.29) is 11.1 Å². The van der Waals surface area contributed by atoms with Crippen molar-refractivity contribution in [2.45, 2.75) is 0 Å². The molecule has 0 bridgehead atoms. The zero-order valence-corrected chi connectivity index (χ0v) is 17.6. The number of nitrogens with two attached hydrogens (primary N) is 2. The molecule has 3 aliphatic rings. The lowest BCUT2D eigenvalue weighted by Crippen LogP contribution is -2.89. The van der Waals surface area contributed by atoms with Crippen LogP contribution < -0.4 is 42.1 Å². The van der Waals surface area contributed by atoms with Gasteiger partial charge in [-0.15, -0.1) is 0 Å². The summed E-state index contributed by atoms with van der Waals surface area (Å²) in [5.74, 6) is -3.04. The lowest BCUT2D eigenvalue weighted by atomic mass is 10.1. The van der Waals surface area contributed by atoms with E-state index in [0.29, 0.717) is 0 Å². The summed E-state index contributed by atoms with van der Waals surface area (Å²) in [6.07, 6.45) is 0. The third-order valence-corrected chi connectivity index (χ3v) is 4.42. The minimum Gasteiger partial charge on any atom is -0.545 e. The lowest BCUT2D eigenvalue weighted by Gasteiger charge is -2.11.